The van der Waals surface area contributed by atoms with Crippen molar-refractivity contribution in [3.05, 3.63) is 71.8 Å². The fourth-order valence-electron chi connectivity index (χ4n) is 4.81. The predicted octanol–water partition coefficient (Wildman–Crippen LogP) is 8.03. The highest BCUT2D eigenvalue weighted by Gasteiger charge is 2.36. The van der Waals surface area contributed by atoms with E-state index in [-0.39, 0.29) is 5.91 Å². The molecule has 0 radical (unpaired) electrons. The van der Waals surface area contributed by atoms with Gasteiger partial charge in [-0.1, -0.05) is 145 Å². The first-order valence-electron chi connectivity index (χ1n) is 13.0. The van der Waals surface area contributed by atoms with Crippen molar-refractivity contribution in [3.63, 3.8) is 0 Å². The average Bonchev–Trinajstić information content (AvgIpc) is 2.81. The molecule has 32 heavy (non-hydrogen) atoms. The number of carbonyl (C=O) groups is 1. The second-order valence-corrected chi connectivity index (χ2v) is 9.61. The second kappa shape index (κ2) is 15.7. The predicted molar refractivity (Wildman–Crippen MR) is 138 cm³/mol. The van der Waals surface area contributed by atoms with Gasteiger partial charge in [0.2, 0.25) is 5.91 Å². The Bertz CT molecular complexity index is 684. The third-order valence-electron chi connectivity index (χ3n) is 6.80. The lowest BCUT2D eigenvalue weighted by atomic mass is 9.72. The van der Waals surface area contributed by atoms with Gasteiger partial charge in [0.1, 0.15) is 0 Å². The van der Waals surface area contributed by atoms with Gasteiger partial charge in [0.25, 0.3) is 0 Å². The first-order valence-corrected chi connectivity index (χ1v) is 13.0. The molecule has 0 saturated heterocycles. The molecule has 0 aromatic heterocycles. The maximum atomic E-state index is 12.8. The molecular formula is C30H45NO. The van der Waals surface area contributed by atoms with E-state index in [1.165, 1.54) is 81.8 Å². The van der Waals surface area contributed by atoms with Crippen LogP contribution >= 0.6 is 0 Å². The summed E-state index contributed by atoms with van der Waals surface area (Å²) in [4.78, 5) is 12.8. The minimum Gasteiger partial charge on any atom is -0.369 e. The summed E-state index contributed by atoms with van der Waals surface area (Å²) in [5.74, 6) is -0.159. The molecule has 2 N–H and O–H groups in total. The summed E-state index contributed by atoms with van der Waals surface area (Å²) in [5.41, 5.74) is 7.95. The van der Waals surface area contributed by atoms with Crippen molar-refractivity contribution >= 4 is 5.91 Å². The van der Waals surface area contributed by atoms with Crippen molar-refractivity contribution in [2.75, 3.05) is 0 Å². The molecule has 0 spiro atoms. The average molecular weight is 436 g/mol. The molecule has 2 aromatic carbocycles. The Morgan fingerprint density at radius 1 is 0.625 bits per heavy atom. The van der Waals surface area contributed by atoms with Crippen LogP contribution in [0.5, 0.6) is 0 Å². The third-order valence-corrected chi connectivity index (χ3v) is 6.80. The number of benzene rings is 2. The first kappa shape index (κ1) is 26.2. The number of carbonyl (C=O) groups excluding carboxylic acids is 1. The molecule has 0 saturated carbocycles. The van der Waals surface area contributed by atoms with Crippen LogP contribution in [0.2, 0.25) is 0 Å². The summed E-state index contributed by atoms with van der Waals surface area (Å²) in [7, 11) is 0. The summed E-state index contributed by atoms with van der Waals surface area (Å²) in [6.45, 7) is 2.27. The molecule has 2 aromatic rings. The zero-order chi connectivity index (χ0) is 22.9. The smallest absolute Gasteiger partial charge is 0.224 e. The van der Waals surface area contributed by atoms with Gasteiger partial charge in [0, 0.05) is 0 Å². The van der Waals surface area contributed by atoms with Gasteiger partial charge in [0.15, 0.2) is 0 Å². The molecule has 2 heteroatoms. The molecule has 0 heterocycles. The van der Waals surface area contributed by atoms with Crippen LogP contribution in [0.25, 0.3) is 0 Å². The van der Waals surface area contributed by atoms with E-state index < -0.39 is 5.41 Å². The molecular weight excluding hydrogens is 390 g/mol. The lowest BCUT2D eigenvalue weighted by Crippen LogP contribution is -2.41. The van der Waals surface area contributed by atoms with E-state index in [0.717, 1.165) is 25.7 Å². The summed E-state index contributed by atoms with van der Waals surface area (Å²) in [6, 6.07) is 20.7. The lowest BCUT2D eigenvalue weighted by molar-refractivity contribution is -0.128. The maximum Gasteiger partial charge on any atom is 0.224 e. The number of nitrogens with two attached hydrogens (primary N) is 1. The van der Waals surface area contributed by atoms with Crippen molar-refractivity contribution in [3.8, 4) is 0 Å². The summed E-state index contributed by atoms with van der Waals surface area (Å²) < 4.78 is 0. The van der Waals surface area contributed by atoms with E-state index in [2.05, 4.69) is 31.2 Å². The molecule has 2 rings (SSSR count). The SMILES string of the molecule is CCCCCCCCCCCCCCC(Cc1ccccc1)(Cc1ccccc1)C(N)=O. The van der Waals surface area contributed by atoms with Crippen molar-refractivity contribution < 1.29 is 4.79 Å². The molecule has 0 atom stereocenters. The summed E-state index contributed by atoms with van der Waals surface area (Å²) in [6.07, 6.45) is 18.2. The largest absolute Gasteiger partial charge is 0.369 e. The van der Waals surface area contributed by atoms with Crippen LogP contribution < -0.4 is 5.73 Å². The van der Waals surface area contributed by atoms with Crippen molar-refractivity contribution in [2.24, 2.45) is 11.1 Å². The number of hydrogen-bond donors (Lipinski definition) is 1. The van der Waals surface area contributed by atoms with Crippen molar-refractivity contribution in [1.29, 1.82) is 0 Å². The van der Waals surface area contributed by atoms with E-state index in [9.17, 15) is 4.79 Å². The van der Waals surface area contributed by atoms with Gasteiger partial charge < -0.3 is 5.73 Å². The molecule has 176 valence electrons. The second-order valence-electron chi connectivity index (χ2n) is 9.61. The number of unbranched alkanes of at least 4 members (excludes halogenated alkanes) is 11. The quantitative estimate of drug-likeness (QED) is 0.237. The molecule has 2 nitrogen and oxygen atoms in total. The van der Waals surface area contributed by atoms with E-state index in [4.69, 9.17) is 5.73 Å². The zero-order valence-electron chi connectivity index (χ0n) is 20.4. The Hall–Kier alpha value is -2.09. The number of hydrogen-bond acceptors (Lipinski definition) is 1. The number of rotatable bonds is 18. The molecule has 0 fully saturated rings. The number of amides is 1. The van der Waals surface area contributed by atoms with Crippen LogP contribution in [0.1, 0.15) is 102 Å². The Morgan fingerprint density at radius 3 is 1.38 bits per heavy atom. The van der Waals surface area contributed by atoms with Crippen LogP contribution in [0, 0.1) is 5.41 Å². The topological polar surface area (TPSA) is 43.1 Å². The fraction of sp³-hybridized carbons (Fsp3) is 0.567. The zero-order valence-corrected chi connectivity index (χ0v) is 20.4. The molecule has 0 aliphatic carbocycles. The molecule has 1 amide bonds. The molecule has 0 unspecified atom stereocenters. The monoisotopic (exact) mass is 435 g/mol. The van der Waals surface area contributed by atoms with Gasteiger partial charge in [-0.3, -0.25) is 4.79 Å². The van der Waals surface area contributed by atoms with Crippen LogP contribution in [-0.2, 0) is 17.6 Å². The Labute approximate surface area is 197 Å². The van der Waals surface area contributed by atoms with Gasteiger partial charge in [-0.25, -0.2) is 0 Å². The highest BCUT2D eigenvalue weighted by atomic mass is 16.1. The van der Waals surface area contributed by atoms with Crippen molar-refractivity contribution in [2.45, 2.75) is 103 Å². The third kappa shape index (κ3) is 10.0. The van der Waals surface area contributed by atoms with Gasteiger partial charge in [0.05, 0.1) is 5.41 Å². The Kier molecular flexibility index (Phi) is 12.8. The summed E-state index contributed by atoms with van der Waals surface area (Å²) >= 11 is 0. The van der Waals surface area contributed by atoms with Gasteiger partial charge in [-0.05, 0) is 30.4 Å². The minimum atomic E-state index is -0.513. The maximum absolute atomic E-state index is 12.8. The van der Waals surface area contributed by atoms with Crippen LogP contribution in [0.15, 0.2) is 60.7 Å². The molecule has 0 bridgehead atoms. The fourth-order valence-corrected chi connectivity index (χ4v) is 4.81. The lowest BCUT2D eigenvalue weighted by Gasteiger charge is -2.31. The summed E-state index contributed by atoms with van der Waals surface area (Å²) in [5, 5.41) is 0. The van der Waals surface area contributed by atoms with E-state index in [1.807, 2.05) is 36.4 Å². The van der Waals surface area contributed by atoms with Gasteiger partial charge in [-0.2, -0.15) is 0 Å². The standard InChI is InChI=1S/C30H45NO/c1-2-3-4-5-6-7-8-9-10-11-12-19-24-30(29(31)32,25-27-20-15-13-16-21-27)26-28-22-17-14-18-23-28/h13-18,20-23H,2-12,19,24-26H2,1H3,(H2,31,32). The van der Waals surface area contributed by atoms with Crippen LogP contribution in [0.3, 0.4) is 0 Å². The number of primary amides is 1. The van der Waals surface area contributed by atoms with Crippen molar-refractivity contribution in [1.82, 2.24) is 0 Å². The van der Waals surface area contributed by atoms with Gasteiger partial charge >= 0.3 is 0 Å². The molecule has 0 aliphatic rings. The Balaban J connectivity index is 1.80. The van der Waals surface area contributed by atoms with Crippen LogP contribution in [0.4, 0.5) is 0 Å². The first-order chi connectivity index (χ1) is 15.7. The normalized spacial score (nSPS) is 11.5. The highest BCUT2D eigenvalue weighted by molar-refractivity contribution is 5.81. The molecule has 0 aliphatic heterocycles. The van der Waals surface area contributed by atoms with E-state index >= 15 is 0 Å². The van der Waals surface area contributed by atoms with Gasteiger partial charge in [-0.15, -0.1) is 0 Å². The Morgan fingerprint density at radius 2 is 1.00 bits per heavy atom. The van der Waals surface area contributed by atoms with E-state index in [1.54, 1.807) is 0 Å². The minimum absolute atomic E-state index is 0.159. The highest BCUT2D eigenvalue weighted by Crippen LogP contribution is 2.34. The van der Waals surface area contributed by atoms with Crippen LogP contribution in [-0.4, -0.2) is 5.91 Å². The van der Waals surface area contributed by atoms with E-state index in [0.29, 0.717) is 0 Å².